The maximum Gasteiger partial charge on any atom is 0.354 e. The van der Waals surface area contributed by atoms with Gasteiger partial charge in [0.05, 0.1) is 24.4 Å². The van der Waals surface area contributed by atoms with Crippen molar-refractivity contribution in [3.8, 4) is 0 Å². The molecule has 5 aromatic rings. The standard InChI is InChI=1S/C18H16N6O6.C11H10FN3O2.ClH/c1-8(9-3-5-10(6-4-9)18(29)30-2)20-16(26)11-7-12(17(27)28)24-15(21-11)13(14(19)25)22-23-24;12-6-2-1-5(4-13)3-7(6)15-9-8(14)10(16)11(9)17;/h3-8H,1-2H3,(H2,19,25)(H,20,26)(H,27,28);1-3,15H,4,13-14H2;1H/t8-;;/m0../s1. The summed E-state index contributed by atoms with van der Waals surface area (Å²) in [5.74, 6) is -4.10. The molecule has 48 heavy (non-hydrogen) atoms. The summed E-state index contributed by atoms with van der Waals surface area (Å²) in [6.45, 7) is 1.94. The number of amides is 2. The van der Waals surface area contributed by atoms with E-state index >= 15 is 0 Å². The van der Waals surface area contributed by atoms with Gasteiger partial charge in [-0.3, -0.25) is 19.2 Å². The number of ether oxygens (including phenoxy) is 1. The van der Waals surface area contributed by atoms with Crippen LogP contribution in [0.25, 0.3) is 5.65 Å². The minimum absolute atomic E-state index is 0. The van der Waals surface area contributed by atoms with Crippen molar-refractivity contribution in [1.82, 2.24) is 25.1 Å². The molecule has 0 aliphatic rings. The number of methoxy groups -OCH3 is 1. The minimum atomic E-state index is -1.40. The molecule has 0 unspecified atom stereocenters. The highest BCUT2D eigenvalue weighted by atomic mass is 35.5. The van der Waals surface area contributed by atoms with Crippen molar-refractivity contribution in [2.75, 3.05) is 18.2 Å². The average molecular weight is 684 g/mol. The minimum Gasteiger partial charge on any atom is -0.477 e. The van der Waals surface area contributed by atoms with Crippen LogP contribution >= 0.6 is 12.4 Å². The van der Waals surface area contributed by atoms with Crippen molar-refractivity contribution in [2.45, 2.75) is 19.5 Å². The second-order valence-corrected chi connectivity index (χ2v) is 9.77. The Balaban J connectivity index is 0.000000295. The molecule has 2 amide bonds. The Kier molecular flexibility index (Phi) is 11.2. The predicted octanol–water partition coefficient (Wildman–Crippen LogP) is 0.827. The van der Waals surface area contributed by atoms with Crippen molar-refractivity contribution >= 4 is 58.9 Å². The molecule has 0 bridgehead atoms. The zero-order valence-electron chi connectivity index (χ0n) is 25.0. The van der Waals surface area contributed by atoms with Crippen molar-refractivity contribution in [3.63, 3.8) is 0 Å². The monoisotopic (exact) mass is 683 g/mol. The number of aromatic carboxylic acids is 1. The predicted molar refractivity (Wildman–Crippen MR) is 171 cm³/mol. The fraction of sp³-hybridized carbons (Fsp3) is 0.138. The van der Waals surface area contributed by atoms with E-state index in [-0.39, 0.29) is 53.0 Å². The summed E-state index contributed by atoms with van der Waals surface area (Å²) >= 11 is 0. The van der Waals surface area contributed by atoms with Gasteiger partial charge in [-0.05, 0) is 42.3 Å². The quantitative estimate of drug-likeness (QED) is 0.0927. The summed E-state index contributed by atoms with van der Waals surface area (Å²) in [5, 5.41) is 21.6. The van der Waals surface area contributed by atoms with Crippen molar-refractivity contribution in [1.29, 1.82) is 0 Å². The zero-order chi connectivity index (χ0) is 34.6. The molecule has 2 aromatic heterocycles. The number of hydrogen-bond donors (Lipinski definition) is 6. The number of nitrogen functional groups attached to an aromatic ring is 1. The number of aromatic nitrogens is 4. The van der Waals surface area contributed by atoms with Gasteiger partial charge >= 0.3 is 11.9 Å². The van der Waals surface area contributed by atoms with Gasteiger partial charge in [-0.25, -0.2) is 19.0 Å². The molecule has 0 aliphatic carbocycles. The maximum atomic E-state index is 13.4. The maximum absolute atomic E-state index is 13.4. The molecule has 0 saturated carbocycles. The number of carboxylic acids is 1. The fourth-order valence-electron chi connectivity index (χ4n) is 4.15. The Hall–Kier alpha value is -6.27. The summed E-state index contributed by atoms with van der Waals surface area (Å²) in [6.07, 6.45) is 0. The van der Waals surface area contributed by atoms with Gasteiger partial charge in [0.2, 0.25) is 0 Å². The van der Waals surface area contributed by atoms with Gasteiger partial charge in [0, 0.05) is 12.6 Å². The Morgan fingerprint density at radius 2 is 1.73 bits per heavy atom. The Bertz CT molecular complexity index is 2110. The first-order valence-electron chi connectivity index (χ1n) is 13.4. The average Bonchev–Trinajstić information content (AvgIpc) is 3.51. The lowest BCUT2D eigenvalue weighted by molar-refractivity contribution is 0.0599. The van der Waals surface area contributed by atoms with E-state index in [9.17, 15) is 38.3 Å². The number of carbonyl (C=O) groups is 4. The van der Waals surface area contributed by atoms with Gasteiger partial charge in [0.25, 0.3) is 22.7 Å². The van der Waals surface area contributed by atoms with Crippen LogP contribution in [0, 0.1) is 5.82 Å². The highest BCUT2D eigenvalue weighted by molar-refractivity contribution is 6.00. The van der Waals surface area contributed by atoms with Gasteiger partial charge in [-0.15, -0.1) is 17.5 Å². The molecule has 1 atom stereocenters. The van der Waals surface area contributed by atoms with Crippen LogP contribution in [0.15, 0.2) is 58.1 Å². The highest BCUT2D eigenvalue weighted by Crippen LogP contribution is 2.22. The van der Waals surface area contributed by atoms with Crippen LogP contribution in [0.4, 0.5) is 21.5 Å². The lowest BCUT2D eigenvalue weighted by Crippen LogP contribution is -2.36. The molecule has 2 heterocycles. The van der Waals surface area contributed by atoms with E-state index < -0.39 is 52.2 Å². The number of benzene rings is 2. The third-order valence-corrected chi connectivity index (χ3v) is 6.71. The van der Waals surface area contributed by atoms with E-state index in [1.54, 1.807) is 31.2 Å². The lowest BCUT2D eigenvalue weighted by atomic mass is 10.1. The first-order valence-corrected chi connectivity index (χ1v) is 13.4. The van der Waals surface area contributed by atoms with Crippen LogP contribution in [-0.4, -0.2) is 55.8 Å². The molecular weight excluding hydrogens is 657 g/mol. The smallest absolute Gasteiger partial charge is 0.354 e. The molecule has 17 nitrogen and oxygen atoms in total. The first-order chi connectivity index (χ1) is 22.3. The first kappa shape index (κ1) is 36.2. The topological polar surface area (TPSA) is 277 Å². The van der Waals surface area contributed by atoms with Crippen LogP contribution in [0.1, 0.15) is 65.9 Å². The third kappa shape index (κ3) is 7.40. The number of nitrogens with one attached hydrogen (secondary N) is 2. The Labute approximate surface area is 275 Å². The molecule has 19 heteroatoms. The Morgan fingerprint density at radius 1 is 1.06 bits per heavy atom. The molecule has 0 fully saturated rings. The van der Waals surface area contributed by atoms with Crippen LogP contribution in [0.5, 0.6) is 0 Å². The van der Waals surface area contributed by atoms with E-state index in [2.05, 4.69) is 30.7 Å². The number of carboxylic acid groups (broad SMARTS) is 1. The number of nitrogens with two attached hydrogens (primary N) is 3. The molecule has 5 rings (SSSR count). The van der Waals surface area contributed by atoms with Gasteiger partial charge in [0.1, 0.15) is 22.9 Å². The normalized spacial score (nSPS) is 11.1. The molecule has 250 valence electrons. The van der Waals surface area contributed by atoms with Crippen LogP contribution in [-0.2, 0) is 11.3 Å². The van der Waals surface area contributed by atoms with Crippen LogP contribution in [0.3, 0.4) is 0 Å². The summed E-state index contributed by atoms with van der Waals surface area (Å²) in [7, 11) is 1.27. The number of primary amides is 1. The third-order valence-electron chi connectivity index (χ3n) is 6.71. The van der Waals surface area contributed by atoms with Gasteiger partial charge in [-0.2, -0.15) is 4.52 Å². The number of carbonyl (C=O) groups excluding carboxylic acids is 3. The summed E-state index contributed by atoms with van der Waals surface area (Å²) < 4.78 is 18.9. The van der Waals surface area contributed by atoms with E-state index in [0.717, 1.165) is 10.6 Å². The number of halogens is 2. The van der Waals surface area contributed by atoms with E-state index in [4.69, 9.17) is 17.2 Å². The largest absolute Gasteiger partial charge is 0.477 e. The van der Waals surface area contributed by atoms with Crippen LogP contribution in [0.2, 0.25) is 0 Å². The summed E-state index contributed by atoms with van der Waals surface area (Å²) in [6, 6.07) is 11.1. The molecular formula is C29H27ClFN9O8. The molecule has 0 aliphatic heterocycles. The molecule has 0 radical (unpaired) electrons. The molecule has 0 spiro atoms. The fourth-order valence-corrected chi connectivity index (χ4v) is 4.15. The lowest BCUT2D eigenvalue weighted by Gasteiger charge is -2.15. The molecule has 0 saturated heterocycles. The number of hydrogen-bond acceptors (Lipinski definition) is 13. The van der Waals surface area contributed by atoms with Gasteiger partial charge < -0.3 is 37.7 Å². The van der Waals surface area contributed by atoms with Gasteiger partial charge in [-0.1, -0.05) is 23.4 Å². The number of esters is 1. The zero-order valence-corrected chi connectivity index (χ0v) is 25.8. The summed E-state index contributed by atoms with van der Waals surface area (Å²) in [4.78, 5) is 73.2. The van der Waals surface area contributed by atoms with Crippen LogP contribution < -0.4 is 38.7 Å². The molecule has 3 aromatic carbocycles. The number of anilines is 3. The number of nitrogens with zero attached hydrogens (tertiary/aromatic N) is 4. The van der Waals surface area contributed by atoms with E-state index in [1.165, 1.54) is 25.3 Å². The second-order valence-electron chi connectivity index (χ2n) is 9.77. The van der Waals surface area contributed by atoms with E-state index in [0.29, 0.717) is 16.7 Å². The van der Waals surface area contributed by atoms with Gasteiger partial charge in [0.15, 0.2) is 17.0 Å². The van der Waals surface area contributed by atoms with Crippen molar-refractivity contribution in [2.24, 2.45) is 11.5 Å². The second kappa shape index (κ2) is 14.9. The highest BCUT2D eigenvalue weighted by Gasteiger charge is 2.23. The number of rotatable bonds is 9. The Morgan fingerprint density at radius 3 is 2.29 bits per heavy atom. The van der Waals surface area contributed by atoms with Crippen molar-refractivity contribution < 1.29 is 33.4 Å². The van der Waals surface area contributed by atoms with E-state index in [1.807, 2.05) is 0 Å². The SMILES string of the molecule is COC(=O)c1ccc([C@H](C)NC(=O)c2cc(C(=O)O)n3nnc(C(N)=O)c3n2)cc1.Cl.NCc1ccc(F)c(Nc2c(N)c(=O)c2=O)c1. The molecule has 9 N–H and O–H groups in total. The summed E-state index contributed by atoms with van der Waals surface area (Å²) in [5.41, 5.74) is 14.7. The number of fused-ring (bicyclic) bond motifs is 1. The van der Waals surface area contributed by atoms with Crippen molar-refractivity contribution in [3.05, 3.63) is 109 Å².